The molecule has 298 valence electrons. The van der Waals surface area contributed by atoms with E-state index in [1.54, 1.807) is 6.92 Å². The Hall–Kier alpha value is -1.06. The van der Waals surface area contributed by atoms with Gasteiger partial charge in [-0.15, -0.1) is 0 Å². The predicted molar refractivity (Wildman–Crippen MR) is 218 cm³/mol. The van der Waals surface area contributed by atoms with Crippen molar-refractivity contribution in [2.75, 3.05) is 6.61 Å². The van der Waals surface area contributed by atoms with Crippen LogP contribution in [-0.4, -0.2) is 23.7 Å². The lowest BCUT2D eigenvalue weighted by atomic mass is 9.84. The summed E-state index contributed by atoms with van der Waals surface area (Å²) in [5.74, 6) is -2.12. The van der Waals surface area contributed by atoms with Gasteiger partial charge in [-0.25, -0.2) is 0 Å². The van der Waals surface area contributed by atoms with E-state index in [1.165, 1.54) is 199 Å². The van der Waals surface area contributed by atoms with Crippen molar-refractivity contribution >= 4 is 11.9 Å². The van der Waals surface area contributed by atoms with Crippen molar-refractivity contribution < 1.29 is 19.4 Å². The molecule has 0 radical (unpaired) electrons. The number of unbranched alkanes of at least 4 members (excludes halogenated alkanes) is 32. The summed E-state index contributed by atoms with van der Waals surface area (Å²) in [6, 6.07) is 0. The molecule has 0 saturated heterocycles. The third-order valence-electron chi connectivity index (χ3n) is 11.2. The van der Waals surface area contributed by atoms with Gasteiger partial charge in [0.1, 0.15) is 0 Å². The van der Waals surface area contributed by atoms with E-state index in [0.717, 1.165) is 25.7 Å². The minimum absolute atomic E-state index is 0.313. The van der Waals surface area contributed by atoms with Crippen LogP contribution in [0.5, 0.6) is 0 Å². The maximum atomic E-state index is 12.7. The molecule has 0 bridgehead atoms. The fourth-order valence-electron chi connectivity index (χ4n) is 7.58. The molecular weight excluding hydrogens is 617 g/mol. The minimum Gasteiger partial charge on any atom is -0.481 e. The highest BCUT2D eigenvalue weighted by Crippen LogP contribution is 2.26. The molecule has 0 aliphatic carbocycles. The smallest absolute Gasteiger partial charge is 0.309 e. The molecule has 0 aromatic heterocycles. The maximum absolute atomic E-state index is 12.7. The van der Waals surface area contributed by atoms with Crippen LogP contribution in [0.1, 0.15) is 259 Å². The molecule has 0 rings (SSSR count). The second-order valence-electron chi connectivity index (χ2n) is 16.3. The van der Waals surface area contributed by atoms with Crippen LogP contribution in [0.25, 0.3) is 0 Å². The fraction of sp³-hybridized carbons (Fsp3) is 0.957. The van der Waals surface area contributed by atoms with E-state index in [9.17, 15) is 14.7 Å². The van der Waals surface area contributed by atoms with Crippen LogP contribution in [0, 0.1) is 17.8 Å². The SMILES string of the molecule is CCCCCCCCCCCCCCCCCCCCCCC(C)CC(C(=O)O)C(C)C(=O)OCCCCCCCCCCCCCCCC. The Morgan fingerprint density at radius 3 is 1.02 bits per heavy atom. The summed E-state index contributed by atoms with van der Waals surface area (Å²) in [4.78, 5) is 24.7. The Labute approximate surface area is 313 Å². The second kappa shape index (κ2) is 39.2. The van der Waals surface area contributed by atoms with E-state index >= 15 is 0 Å². The van der Waals surface area contributed by atoms with Crippen molar-refractivity contribution in [2.45, 2.75) is 259 Å². The molecule has 0 aliphatic heterocycles. The molecule has 0 aromatic rings. The highest BCUT2D eigenvalue weighted by atomic mass is 16.5. The quantitative estimate of drug-likeness (QED) is 0.0508. The first-order valence-electron chi connectivity index (χ1n) is 22.8. The van der Waals surface area contributed by atoms with Gasteiger partial charge in [0.2, 0.25) is 0 Å². The molecule has 1 N–H and O–H groups in total. The zero-order valence-electron chi connectivity index (χ0n) is 34.6. The number of carbonyl (C=O) groups excluding carboxylic acids is 1. The third-order valence-corrected chi connectivity index (χ3v) is 11.2. The Morgan fingerprint density at radius 1 is 0.440 bits per heavy atom. The number of hydrogen-bond donors (Lipinski definition) is 1. The van der Waals surface area contributed by atoms with Crippen LogP contribution in [0.4, 0.5) is 0 Å². The summed E-state index contributed by atoms with van der Waals surface area (Å²) in [6.07, 6.45) is 47.5. The van der Waals surface area contributed by atoms with Crippen molar-refractivity contribution in [2.24, 2.45) is 17.8 Å². The fourth-order valence-corrected chi connectivity index (χ4v) is 7.58. The van der Waals surface area contributed by atoms with Crippen LogP contribution >= 0.6 is 0 Å². The van der Waals surface area contributed by atoms with Gasteiger partial charge in [0.25, 0.3) is 0 Å². The Bertz CT molecular complexity index is 706. The van der Waals surface area contributed by atoms with Crippen LogP contribution in [-0.2, 0) is 14.3 Å². The Kier molecular flexibility index (Phi) is 38.3. The maximum Gasteiger partial charge on any atom is 0.309 e. The average Bonchev–Trinajstić information content (AvgIpc) is 3.10. The number of aliphatic carboxylic acids is 1. The number of carbonyl (C=O) groups is 2. The van der Waals surface area contributed by atoms with Gasteiger partial charge in [0.15, 0.2) is 0 Å². The standard InChI is InChI=1S/C46H90O4/c1-5-7-9-11-13-15-17-19-21-22-23-24-25-26-27-29-31-33-35-37-39-42(3)41-44(45(47)48)43(4)46(49)50-40-38-36-34-32-30-28-20-18-16-14-12-10-8-6-2/h42-44H,5-41H2,1-4H3,(H,47,48). The van der Waals surface area contributed by atoms with Gasteiger partial charge in [0.05, 0.1) is 18.4 Å². The molecule has 0 amide bonds. The van der Waals surface area contributed by atoms with Crippen LogP contribution in [0.3, 0.4) is 0 Å². The molecule has 0 saturated carbocycles. The predicted octanol–water partition coefficient (Wildman–Crippen LogP) is 15.6. The lowest BCUT2D eigenvalue weighted by Crippen LogP contribution is -2.30. The van der Waals surface area contributed by atoms with Crippen molar-refractivity contribution in [3.8, 4) is 0 Å². The van der Waals surface area contributed by atoms with E-state index in [0.29, 0.717) is 18.9 Å². The van der Waals surface area contributed by atoms with Gasteiger partial charge in [-0.05, 0) is 18.8 Å². The van der Waals surface area contributed by atoms with Crippen LogP contribution in [0.2, 0.25) is 0 Å². The molecule has 0 heterocycles. The first kappa shape index (κ1) is 48.9. The average molecular weight is 707 g/mol. The van der Waals surface area contributed by atoms with Gasteiger partial charge >= 0.3 is 11.9 Å². The Morgan fingerprint density at radius 2 is 0.720 bits per heavy atom. The van der Waals surface area contributed by atoms with Crippen LogP contribution in [0.15, 0.2) is 0 Å². The molecule has 50 heavy (non-hydrogen) atoms. The normalized spacial score (nSPS) is 13.4. The largest absolute Gasteiger partial charge is 0.481 e. The lowest BCUT2D eigenvalue weighted by Gasteiger charge is -2.22. The summed E-state index contributed by atoms with van der Waals surface area (Å²) >= 11 is 0. The number of hydrogen-bond acceptors (Lipinski definition) is 3. The number of carboxylic acids is 1. The molecule has 4 heteroatoms. The summed E-state index contributed by atoms with van der Waals surface area (Å²) in [6.45, 7) is 8.88. The van der Waals surface area contributed by atoms with Gasteiger partial charge in [-0.2, -0.15) is 0 Å². The van der Waals surface area contributed by atoms with E-state index in [1.807, 2.05) is 0 Å². The summed E-state index contributed by atoms with van der Waals surface area (Å²) in [5, 5.41) is 9.88. The summed E-state index contributed by atoms with van der Waals surface area (Å²) < 4.78 is 5.53. The third kappa shape index (κ3) is 34.0. The highest BCUT2D eigenvalue weighted by Gasteiger charge is 2.32. The zero-order valence-corrected chi connectivity index (χ0v) is 34.6. The van der Waals surface area contributed by atoms with E-state index in [-0.39, 0.29) is 5.97 Å². The molecule has 4 nitrogen and oxygen atoms in total. The van der Waals surface area contributed by atoms with E-state index in [4.69, 9.17) is 4.74 Å². The van der Waals surface area contributed by atoms with Gasteiger partial charge in [-0.1, -0.05) is 246 Å². The molecular formula is C46H90O4. The number of ether oxygens (including phenoxy) is 1. The number of carboxylic acid groups (broad SMARTS) is 1. The zero-order chi connectivity index (χ0) is 36.8. The summed E-state index contributed by atoms with van der Waals surface area (Å²) in [7, 11) is 0. The van der Waals surface area contributed by atoms with Crippen molar-refractivity contribution in [3.63, 3.8) is 0 Å². The molecule has 0 spiro atoms. The molecule has 3 unspecified atom stereocenters. The number of esters is 1. The lowest BCUT2D eigenvalue weighted by molar-refractivity contribution is -0.157. The first-order valence-corrected chi connectivity index (χ1v) is 22.8. The summed E-state index contributed by atoms with van der Waals surface area (Å²) in [5.41, 5.74) is 0. The van der Waals surface area contributed by atoms with Gasteiger partial charge < -0.3 is 9.84 Å². The molecule has 3 atom stereocenters. The topological polar surface area (TPSA) is 63.6 Å². The number of rotatable bonds is 41. The van der Waals surface area contributed by atoms with Crippen molar-refractivity contribution in [1.82, 2.24) is 0 Å². The highest BCUT2D eigenvalue weighted by molar-refractivity contribution is 5.80. The second-order valence-corrected chi connectivity index (χ2v) is 16.3. The van der Waals surface area contributed by atoms with Crippen LogP contribution < -0.4 is 0 Å². The Balaban J connectivity index is 3.68. The minimum atomic E-state index is -0.860. The first-order chi connectivity index (χ1) is 24.4. The molecule has 0 aromatic carbocycles. The van der Waals surface area contributed by atoms with E-state index in [2.05, 4.69) is 20.8 Å². The molecule has 0 fully saturated rings. The monoisotopic (exact) mass is 707 g/mol. The molecule has 0 aliphatic rings. The van der Waals surface area contributed by atoms with Gasteiger partial charge in [0, 0.05) is 0 Å². The van der Waals surface area contributed by atoms with Gasteiger partial charge in [-0.3, -0.25) is 9.59 Å². The van der Waals surface area contributed by atoms with Crippen molar-refractivity contribution in [3.05, 3.63) is 0 Å². The van der Waals surface area contributed by atoms with E-state index < -0.39 is 17.8 Å². The van der Waals surface area contributed by atoms with Crippen molar-refractivity contribution in [1.29, 1.82) is 0 Å².